The van der Waals surface area contributed by atoms with E-state index in [1.807, 2.05) is 24.3 Å². The van der Waals surface area contributed by atoms with Crippen LogP contribution in [0.1, 0.15) is 18.4 Å². The number of para-hydroxylation sites is 1. The van der Waals surface area contributed by atoms with E-state index in [-0.39, 0.29) is 5.91 Å². The Kier molecular flexibility index (Phi) is 3.46. The van der Waals surface area contributed by atoms with E-state index in [1.54, 1.807) is 14.2 Å². The number of amides is 1. The van der Waals surface area contributed by atoms with Gasteiger partial charge in [0, 0.05) is 19.2 Å². The maximum atomic E-state index is 12.2. The van der Waals surface area contributed by atoms with Crippen molar-refractivity contribution in [3.63, 3.8) is 0 Å². The first-order chi connectivity index (χ1) is 9.01. The first-order valence-corrected chi connectivity index (χ1v) is 6.12. The second kappa shape index (κ2) is 4.91. The molecule has 102 valence electrons. The van der Waals surface area contributed by atoms with Gasteiger partial charge in [-0.25, -0.2) is 0 Å². The third kappa shape index (κ3) is 2.41. The monoisotopic (exact) mass is 263 g/mol. The van der Waals surface area contributed by atoms with Crippen molar-refractivity contribution < 1.29 is 19.4 Å². The van der Waals surface area contributed by atoms with Gasteiger partial charge >= 0.3 is 5.97 Å². The first kappa shape index (κ1) is 13.4. The van der Waals surface area contributed by atoms with E-state index >= 15 is 0 Å². The molecule has 0 aromatic heterocycles. The minimum atomic E-state index is -1.18. The van der Waals surface area contributed by atoms with Gasteiger partial charge in [0.1, 0.15) is 11.2 Å². The Hall–Kier alpha value is -2.04. The number of ether oxygens (including phenoxy) is 1. The Bertz CT molecular complexity index is 508. The van der Waals surface area contributed by atoms with Gasteiger partial charge in [-0.15, -0.1) is 0 Å². The van der Waals surface area contributed by atoms with E-state index < -0.39 is 11.4 Å². The lowest BCUT2D eigenvalue weighted by Gasteiger charge is -2.22. The van der Waals surface area contributed by atoms with Crippen molar-refractivity contribution in [2.45, 2.75) is 19.4 Å². The van der Waals surface area contributed by atoms with Crippen molar-refractivity contribution in [2.75, 3.05) is 14.2 Å². The molecule has 0 aliphatic heterocycles. The number of nitrogens with zero attached hydrogens (tertiary/aromatic N) is 1. The molecule has 1 aromatic carbocycles. The Balaban J connectivity index is 2.11. The lowest BCUT2D eigenvalue weighted by molar-refractivity contribution is -0.153. The Morgan fingerprint density at radius 3 is 2.53 bits per heavy atom. The molecular formula is C14H17NO4. The highest BCUT2D eigenvalue weighted by molar-refractivity contribution is 6.04. The molecule has 5 heteroatoms. The topological polar surface area (TPSA) is 66.8 Å². The predicted octanol–water partition coefficient (Wildman–Crippen LogP) is 1.52. The SMILES string of the molecule is COc1ccccc1CN(C)C(=O)C1(C(=O)O)CC1. The van der Waals surface area contributed by atoms with Gasteiger partial charge in [0.2, 0.25) is 5.91 Å². The molecule has 1 amide bonds. The van der Waals surface area contributed by atoms with Crippen LogP contribution in [0.25, 0.3) is 0 Å². The highest BCUT2D eigenvalue weighted by atomic mass is 16.5. The average molecular weight is 263 g/mol. The lowest BCUT2D eigenvalue weighted by Crippen LogP contribution is -2.38. The van der Waals surface area contributed by atoms with Crippen LogP contribution in [0.15, 0.2) is 24.3 Å². The smallest absolute Gasteiger partial charge is 0.319 e. The van der Waals surface area contributed by atoms with Crippen molar-refractivity contribution in [3.05, 3.63) is 29.8 Å². The second-order valence-corrected chi connectivity index (χ2v) is 4.86. The zero-order valence-corrected chi connectivity index (χ0v) is 11.0. The number of aliphatic carboxylic acids is 1. The minimum Gasteiger partial charge on any atom is -0.496 e. The second-order valence-electron chi connectivity index (χ2n) is 4.86. The van der Waals surface area contributed by atoms with Crippen LogP contribution in [0.2, 0.25) is 0 Å². The lowest BCUT2D eigenvalue weighted by atomic mass is 10.1. The summed E-state index contributed by atoms with van der Waals surface area (Å²) >= 11 is 0. The summed E-state index contributed by atoms with van der Waals surface area (Å²) in [7, 11) is 3.19. The highest BCUT2D eigenvalue weighted by Gasteiger charge is 2.58. The molecule has 0 unspecified atom stereocenters. The van der Waals surface area contributed by atoms with E-state index in [0.717, 1.165) is 5.56 Å². The maximum Gasteiger partial charge on any atom is 0.319 e. The third-order valence-corrected chi connectivity index (χ3v) is 3.52. The van der Waals surface area contributed by atoms with E-state index in [4.69, 9.17) is 9.84 Å². The van der Waals surface area contributed by atoms with Crippen molar-refractivity contribution in [2.24, 2.45) is 5.41 Å². The maximum absolute atomic E-state index is 12.2. The number of benzene rings is 1. The van der Waals surface area contributed by atoms with E-state index in [1.165, 1.54) is 4.90 Å². The van der Waals surface area contributed by atoms with E-state index in [2.05, 4.69) is 0 Å². The molecule has 0 atom stereocenters. The number of rotatable bonds is 5. The van der Waals surface area contributed by atoms with Gasteiger partial charge in [-0.1, -0.05) is 18.2 Å². The zero-order valence-electron chi connectivity index (χ0n) is 11.0. The quantitative estimate of drug-likeness (QED) is 0.818. The fourth-order valence-corrected chi connectivity index (χ4v) is 2.17. The van der Waals surface area contributed by atoms with Crippen LogP contribution in [0.4, 0.5) is 0 Å². The normalized spacial score (nSPS) is 15.7. The summed E-state index contributed by atoms with van der Waals surface area (Å²) in [6, 6.07) is 7.39. The summed E-state index contributed by atoms with van der Waals surface area (Å²) in [5, 5.41) is 9.12. The largest absolute Gasteiger partial charge is 0.496 e. The van der Waals surface area contributed by atoms with Crippen molar-refractivity contribution in [3.8, 4) is 5.75 Å². The van der Waals surface area contributed by atoms with E-state index in [0.29, 0.717) is 25.1 Å². The molecule has 0 radical (unpaired) electrons. The van der Waals surface area contributed by atoms with Crippen molar-refractivity contribution in [1.82, 2.24) is 4.90 Å². The number of carboxylic acids is 1. The van der Waals surface area contributed by atoms with Crippen LogP contribution < -0.4 is 4.74 Å². The molecule has 5 nitrogen and oxygen atoms in total. The molecule has 1 saturated carbocycles. The molecular weight excluding hydrogens is 246 g/mol. The molecule has 0 spiro atoms. The molecule has 1 aliphatic rings. The summed E-state index contributed by atoms with van der Waals surface area (Å²) in [6.07, 6.45) is 0.856. The van der Waals surface area contributed by atoms with E-state index in [9.17, 15) is 9.59 Å². The number of carbonyl (C=O) groups is 2. The predicted molar refractivity (Wildman–Crippen MR) is 68.8 cm³/mol. The number of methoxy groups -OCH3 is 1. The molecule has 1 aliphatic carbocycles. The van der Waals surface area contributed by atoms with Crippen molar-refractivity contribution in [1.29, 1.82) is 0 Å². The minimum absolute atomic E-state index is 0.328. The third-order valence-electron chi connectivity index (χ3n) is 3.52. The number of carboxylic acid groups (broad SMARTS) is 1. The molecule has 1 fully saturated rings. The average Bonchev–Trinajstić information content (AvgIpc) is 3.20. The van der Waals surface area contributed by atoms with Crippen LogP contribution in [0.3, 0.4) is 0 Å². The molecule has 19 heavy (non-hydrogen) atoms. The van der Waals surface area contributed by atoms with Crippen LogP contribution in [-0.4, -0.2) is 36.0 Å². The highest BCUT2D eigenvalue weighted by Crippen LogP contribution is 2.47. The Morgan fingerprint density at radius 2 is 2.00 bits per heavy atom. The van der Waals surface area contributed by atoms with Gasteiger partial charge in [0.25, 0.3) is 0 Å². The van der Waals surface area contributed by atoms with Gasteiger partial charge in [-0.05, 0) is 18.9 Å². The fraction of sp³-hybridized carbons (Fsp3) is 0.429. The zero-order chi connectivity index (χ0) is 14.0. The first-order valence-electron chi connectivity index (χ1n) is 6.12. The molecule has 1 N–H and O–H groups in total. The van der Waals surface area contributed by atoms with Gasteiger partial charge in [0.15, 0.2) is 0 Å². The van der Waals surface area contributed by atoms with Gasteiger partial charge in [-0.3, -0.25) is 9.59 Å². The number of hydrogen-bond acceptors (Lipinski definition) is 3. The fourth-order valence-electron chi connectivity index (χ4n) is 2.17. The summed E-state index contributed by atoms with van der Waals surface area (Å²) in [4.78, 5) is 24.8. The molecule has 0 bridgehead atoms. The Labute approximate surface area is 111 Å². The Morgan fingerprint density at radius 1 is 1.37 bits per heavy atom. The molecule has 2 rings (SSSR count). The van der Waals surface area contributed by atoms with Crippen LogP contribution in [-0.2, 0) is 16.1 Å². The summed E-state index contributed by atoms with van der Waals surface area (Å²) < 4.78 is 5.22. The number of carbonyl (C=O) groups excluding carboxylic acids is 1. The van der Waals surface area contributed by atoms with Gasteiger partial charge in [0.05, 0.1) is 7.11 Å². The number of hydrogen-bond donors (Lipinski definition) is 1. The van der Waals surface area contributed by atoms with Crippen LogP contribution in [0, 0.1) is 5.41 Å². The molecule has 1 aromatic rings. The summed E-state index contributed by atoms with van der Waals surface area (Å²) in [5.41, 5.74) is -0.321. The van der Waals surface area contributed by atoms with Gasteiger partial charge in [-0.2, -0.15) is 0 Å². The van der Waals surface area contributed by atoms with Crippen LogP contribution >= 0.6 is 0 Å². The van der Waals surface area contributed by atoms with Crippen LogP contribution in [0.5, 0.6) is 5.75 Å². The standard InChI is InChI=1S/C14H17NO4/c1-15(12(16)14(7-8-14)13(17)18)9-10-5-3-4-6-11(10)19-2/h3-6H,7-9H2,1-2H3,(H,17,18). The van der Waals surface area contributed by atoms with Crippen molar-refractivity contribution >= 4 is 11.9 Å². The molecule has 0 saturated heterocycles. The van der Waals surface area contributed by atoms with Gasteiger partial charge < -0.3 is 14.7 Å². The summed E-state index contributed by atoms with van der Waals surface area (Å²) in [6.45, 7) is 0.345. The summed E-state index contributed by atoms with van der Waals surface area (Å²) in [5.74, 6) is -0.655. The molecule has 0 heterocycles.